The van der Waals surface area contributed by atoms with Crippen molar-refractivity contribution in [1.82, 2.24) is 9.97 Å². The number of rotatable bonds is 4. The van der Waals surface area contributed by atoms with E-state index in [9.17, 15) is 4.39 Å². The van der Waals surface area contributed by atoms with Gasteiger partial charge in [-0.2, -0.15) is 0 Å². The zero-order chi connectivity index (χ0) is 13.0. The van der Waals surface area contributed by atoms with Gasteiger partial charge in [0.2, 0.25) is 0 Å². The van der Waals surface area contributed by atoms with Crippen LogP contribution in [0.15, 0.2) is 36.8 Å². The fourth-order valence-corrected chi connectivity index (χ4v) is 1.48. The smallest absolute Gasteiger partial charge is 0.141 e. The second kappa shape index (κ2) is 5.58. The highest BCUT2D eigenvalue weighted by Crippen LogP contribution is 2.19. The summed E-state index contributed by atoms with van der Waals surface area (Å²) in [6.45, 7) is 4.51. The molecule has 0 unspecified atom stereocenters. The Morgan fingerprint density at radius 3 is 2.72 bits per heavy atom. The molecule has 2 aromatic heterocycles. The van der Waals surface area contributed by atoms with Crippen molar-refractivity contribution in [3.63, 3.8) is 0 Å². The second-order valence-electron chi connectivity index (χ2n) is 4.37. The van der Waals surface area contributed by atoms with Crippen molar-refractivity contribution in [1.29, 1.82) is 0 Å². The van der Waals surface area contributed by atoms with Gasteiger partial charge in [0.25, 0.3) is 0 Å². The summed E-state index contributed by atoms with van der Waals surface area (Å²) >= 11 is 0. The molecule has 0 radical (unpaired) electrons. The largest absolute Gasteiger partial charge is 0.486 e. The number of ether oxygens (including phenoxy) is 1. The number of nitrogens with zero attached hydrogens (tertiary/aromatic N) is 2. The van der Waals surface area contributed by atoms with E-state index in [1.807, 2.05) is 12.3 Å². The van der Waals surface area contributed by atoms with Gasteiger partial charge >= 0.3 is 0 Å². The van der Waals surface area contributed by atoms with E-state index in [2.05, 4.69) is 23.8 Å². The minimum Gasteiger partial charge on any atom is -0.486 e. The van der Waals surface area contributed by atoms with Crippen molar-refractivity contribution in [3.8, 4) is 5.75 Å². The molecule has 0 saturated carbocycles. The average Bonchev–Trinajstić information content (AvgIpc) is 2.38. The highest BCUT2D eigenvalue weighted by atomic mass is 19.1. The summed E-state index contributed by atoms with van der Waals surface area (Å²) < 4.78 is 18.3. The summed E-state index contributed by atoms with van der Waals surface area (Å²) in [6, 6.07) is 4.94. The van der Waals surface area contributed by atoms with Crippen LogP contribution in [-0.2, 0) is 6.61 Å². The van der Waals surface area contributed by atoms with Crippen LogP contribution in [0.2, 0.25) is 0 Å². The molecule has 0 aromatic carbocycles. The molecule has 2 heterocycles. The Labute approximate surface area is 106 Å². The van der Waals surface area contributed by atoms with Crippen LogP contribution in [0.1, 0.15) is 31.0 Å². The molecular formula is C14H15FN2O. The van der Waals surface area contributed by atoms with Crippen LogP contribution in [0.4, 0.5) is 4.39 Å². The molecule has 0 aliphatic carbocycles. The van der Waals surface area contributed by atoms with Crippen molar-refractivity contribution in [2.75, 3.05) is 0 Å². The van der Waals surface area contributed by atoms with Crippen LogP contribution >= 0.6 is 0 Å². The van der Waals surface area contributed by atoms with Crippen LogP contribution in [0, 0.1) is 5.82 Å². The van der Waals surface area contributed by atoms with Gasteiger partial charge in [-0.1, -0.05) is 13.8 Å². The van der Waals surface area contributed by atoms with Gasteiger partial charge in [0, 0.05) is 6.20 Å². The topological polar surface area (TPSA) is 35.0 Å². The van der Waals surface area contributed by atoms with E-state index < -0.39 is 0 Å². The number of hydrogen-bond donors (Lipinski definition) is 0. The van der Waals surface area contributed by atoms with Gasteiger partial charge in [-0.25, -0.2) is 4.39 Å². The van der Waals surface area contributed by atoms with Gasteiger partial charge in [0.1, 0.15) is 18.2 Å². The molecule has 4 heteroatoms. The summed E-state index contributed by atoms with van der Waals surface area (Å²) in [5.41, 5.74) is 1.81. The van der Waals surface area contributed by atoms with Crippen molar-refractivity contribution in [3.05, 3.63) is 53.9 Å². The Kier molecular flexibility index (Phi) is 3.87. The molecular weight excluding hydrogens is 231 g/mol. The molecule has 0 amide bonds. The van der Waals surface area contributed by atoms with Crippen molar-refractivity contribution in [2.45, 2.75) is 26.4 Å². The molecule has 0 N–H and O–H groups in total. The van der Waals surface area contributed by atoms with Crippen molar-refractivity contribution < 1.29 is 9.13 Å². The molecule has 3 nitrogen and oxygen atoms in total. The van der Waals surface area contributed by atoms with E-state index in [-0.39, 0.29) is 5.82 Å². The first-order valence-electron chi connectivity index (χ1n) is 5.83. The molecule has 0 bridgehead atoms. The molecule has 94 valence electrons. The van der Waals surface area contributed by atoms with Crippen LogP contribution in [-0.4, -0.2) is 9.97 Å². The van der Waals surface area contributed by atoms with E-state index >= 15 is 0 Å². The first kappa shape index (κ1) is 12.5. The van der Waals surface area contributed by atoms with Crippen LogP contribution in [0.5, 0.6) is 5.75 Å². The first-order chi connectivity index (χ1) is 8.65. The van der Waals surface area contributed by atoms with E-state index in [0.29, 0.717) is 24.0 Å². The predicted molar refractivity (Wildman–Crippen MR) is 66.9 cm³/mol. The lowest BCUT2D eigenvalue weighted by atomic mass is 10.1. The van der Waals surface area contributed by atoms with Gasteiger partial charge in [-0.05, 0) is 29.7 Å². The Bertz CT molecular complexity index is 511. The molecule has 2 aromatic rings. The third kappa shape index (κ3) is 3.26. The zero-order valence-electron chi connectivity index (χ0n) is 10.4. The highest BCUT2D eigenvalue weighted by molar-refractivity contribution is 5.25. The Morgan fingerprint density at radius 2 is 2.06 bits per heavy atom. The van der Waals surface area contributed by atoms with Gasteiger partial charge in [0.15, 0.2) is 0 Å². The van der Waals surface area contributed by atoms with Crippen LogP contribution in [0.25, 0.3) is 0 Å². The number of halogens is 1. The van der Waals surface area contributed by atoms with Crippen molar-refractivity contribution in [2.24, 2.45) is 0 Å². The minimum absolute atomic E-state index is 0.309. The number of pyridine rings is 2. The first-order valence-corrected chi connectivity index (χ1v) is 5.83. The third-order valence-corrected chi connectivity index (χ3v) is 2.58. The van der Waals surface area contributed by atoms with Gasteiger partial charge in [0.05, 0.1) is 18.1 Å². The van der Waals surface area contributed by atoms with E-state index in [4.69, 9.17) is 4.74 Å². The lowest BCUT2D eigenvalue weighted by Gasteiger charge is -2.09. The molecule has 0 spiro atoms. The lowest BCUT2D eigenvalue weighted by Crippen LogP contribution is -1.99. The Morgan fingerprint density at radius 1 is 1.22 bits per heavy atom. The SMILES string of the molecule is CC(C)c1cncc(OCc2ccc(F)cn2)c1. The molecule has 0 aliphatic heterocycles. The number of aromatic nitrogens is 2. The summed E-state index contributed by atoms with van der Waals surface area (Å²) in [5, 5.41) is 0. The van der Waals surface area contributed by atoms with E-state index in [0.717, 1.165) is 5.56 Å². The number of hydrogen-bond acceptors (Lipinski definition) is 3. The van der Waals surface area contributed by atoms with E-state index in [1.165, 1.54) is 12.3 Å². The molecule has 0 aliphatic rings. The van der Waals surface area contributed by atoms with Gasteiger partial charge < -0.3 is 4.74 Å². The third-order valence-electron chi connectivity index (χ3n) is 2.58. The normalized spacial score (nSPS) is 10.7. The maximum Gasteiger partial charge on any atom is 0.141 e. The fourth-order valence-electron chi connectivity index (χ4n) is 1.48. The van der Waals surface area contributed by atoms with Crippen molar-refractivity contribution >= 4 is 0 Å². The second-order valence-corrected chi connectivity index (χ2v) is 4.37. The summed E-state index contributed by atoms with van der Waals surface area (Å²) in [5.74, 6) is 0.763. The van der Waals surface area contributed by atoms with E-state index in [1.54, 1.807) is 12.3 Å². The fraction of sp³-hybridized carbons (Fsp3) is 0.286. The molecule has 2 rings (SSSR count). The summed E-state index contributed by atoms with van der Waals surface area (Å²) in [7, 11) is 0. The molecule has 18 heavy (non-hydrogen) atoms. The standard InChI is InChI=1S/C14H15FN2O/c1-10(2)11-5-14(8-16-6-11)18-9-13-4-3-12(15)7-17-13/h3-8,10H,9H2,1-2H3. The Hall–Kier alpha value is -1.97. The lowest BCUT2D eigenvalue weighted by molar-refractivity contribution is 0.299. The monoisotopic (exact) mass is 246 g/mol. The predicted octanol–water partition coefficient (Wildman–Crippen LogP) is 3.32. The molecule has 0 fully saturated rings. The Balaban J connectivity index is 2.01. The zero-order valence-corrected chi connectivity index (χ0v) is 10.4. The molecule has 0 atom stereocenters. The molecule has 0 saturated heterocycles. The summed E-state index contributed by atoms with van der Waals surface area (Å²) in [6.07, 6.45) is 4.67. The maximum atomic E-state index is 12.7. The summed E-state index contributed by atoms with van der Waals surface area (Å²) in [4.78, 5) is 8.06. The quantitative estimate of drug-likeness (QED) is 0.830. The van der Waals surface area contributed by atoms with Crippen LogP contribution < -0.4 is 4.74 Å². The van der Waals surface area contributed by atoms with Gasteiger partial charge in [-0.3, -0.25) is 9.97 Å². The minimum atomic E-state index is -0.345. The maximum absolute atomic E-state index is 12.7. The van der Waals surface area contributed by atoms with Gasteiger partial charge in [-0.15, -0.1) is 0 Å². The highest BCUT2D eigenvalue weighted by Gasteiger charge is 2.03. The van der Waals surface area contributed by atoms with Crippen LogP contribution in [0.3, 0.4) is 0 Å². The average molecular weight is 246 g/mol.